The van der Waals surface area contributed by atoms with Crippen LogP contribution in [-0.4, -0.2) is 12.6 Å². The average molecular weight is 331 g/mol. The lowest BCUT2D eigenvalue weighted by Gasteiger charge is -2.14. The zero-order valence-corrected chi connectivity index (χ0v) is 13.9. The number of hydrogen-bond donors (Lipinski definition) is 0. The lowest BCUT2D eigenvalue weighted by atomic mass is 10.2. The van der Waals surface area contributed by atoms with E-state index in [0.29, 0.717) is 16.5 Å². The Kier molecular flexibility index (Phi) is 6.43. The summed E-state index contributed by atoms with van der Waals surface area (Å²) in [6.07, 6.45) is 3.59. The molecule has 1 heterocycles. The van der Waals surface area contributed by atoms with Gasteiger partial charge in [0.2, 0.25) is 0 Å². The fourth-order valence-electron chi connectivity index (χ4n) is 1.83. The second-order valence-corrected chi connectivity index (χ2v) is 6.07. The van der Waals surface area contributed by atoms with Gasteiger partial charge < -0.3 is 17.4 Å². The normalized spacial score (nSPS) is 11.7. The second kappa shape index (κ2) is 8.56. The van der Waals surface area contributed by atoms with Crippen molar-refractivity contribution < 1.29 is 14.1 Å². The van der Waals surface area contributed by atoms with Gasteiger partial charge in [-0.05, 0) is 12.5 Å². The highest BCUT2D eigenvalue weighted by Gasteiger charge is 2.21. The first-order valence-electron chi connectivity index (χ1n) is 6.94. The number of carbonyl (C=O) groups is 1. The molecular formula is C17H17NO2S2. The summed E-state index contributed by atoms with van der Waals surface area (Å²) in [6, 6.07) is 15.6. The van der Waals surface area contributed by atoms with Gasteiger partial charge in [-0.15, -0.1) is 11.8 Å². The highest BCUT2D eigenvalue weighted by molar-refractivity contribution is 8.10. The quantitative estimate of drug-likeness (QED) is 0.352. The van der Waals surface area contributed by atoms with Crippen LogP contribution >= 0.6 is 11.8 Å². The van der Waals surface area contributed by atoms with Crippen LogP contribution in [0.3, 0.4) is 0 Å². The summed E-state index contributed by atoms with van der Waals surface area (Å²) in [5, 5.41) is 0. The van der Waals surface area contributed by atoms with Crippen molar-refractivity contribution in [3.8, 4) is 0 Å². The third kappa shape index (κ3) is 4.58. The monoisotopic (exact) mass is 331 g/mol. The summed E-state index contributed by atoms with van der Waals surface area (Å²) < 4.78 is 7.37. The summed E-state index contributed by atoms with van der Waals surface area (Å²) in [6.45, 7) is 2.10. The molecule has 0 saturated heterocycles. The van der Waals surface area contributed by atoms with Crippen LogP contribution < -0.4 is 4.57 Å². The van der Waals surface area contributed by atoms with Crippen molar-refractivity contribution in [1.82, 2.24) is 0 Å². The van der Waals surface area contributed by atoms with E-state index in [2.05, 4.69) is 0 Å². The Morgan fingerprint density at radius 3 is 2.41 bits per heavy atom. The maximum Gasteiger partial charge on any atom is 0.403 e. The first-order chi connectivity index (χ1) is 10.7. The van der Waals surface area contributed by atoms with E-state index in [1.165, 1.54) is 11.8 Å². The summed E-state index contributed by atoms with van der Waals surface area (Å²) in [7, 11) is 0. The van der Waals surface area contributed by atoms with Crippen molar-refractivity contribution in [2.75, 3.05) is 6.61 Å². The maximum absolute atomic E-state index is 12.2. The number of esters is 1. The predicted octanol–water partition coefficient (Wildman–Crippen LogP) is 3.14. The van der Waals surface area contributed by atoms with Gasteiger partial charge in [-0.1, -0.05) is 40.6 Å². The maximum atomic E-state index is 12.2. The van der Waals surface area contributed by atoms with Gasteiger partial charge in [0.15, 0.2) is 12.4 Å². The fraction of sp³-hybridized carbons (Fsp3) is 0.176. The number of aromatic nitrogens is 1. The molecule has 1 aromatic heterocycles. The fourth-order valence-corrected chi connectivity index (χ4v) is 3.01. The van der Waals surface area contributed by atoms with Gasteiger partial charge in [0.1, 0.15) is 0 Å². The molecular weight excluding hydrogens is 314 g/mol. The molecule has 1 aromatic carbocycles. The second-order valence-electron chi connectivity index (χ2n) is 4.41. The van der Waals surface area contributed by atoms with Crippen LogP contribution in [0.25, 0.3) is 5.70 Å². The molecule has 0 radical (unpaired) electrons. The van der Waals surface area contributed by atoms with Crippen LogP contribution in [0.1, 0.15) is 12.5 Å². The number of pyridine rings is 1. The first-order valence-corrected chi connectivity index (χ1v) is 8.33. The van der Waals surface area contributed by atoms with Crippen molar-refractivity contribution in [3.63, 3.8) is 0 Å². The molecule has 0 fully saturated rings. The van der Waals surface area contributed by atoms with Crippen molar-refractivity contribution in [2.24, 2.45) is 0 Å². The highest BCUT2D eigenvalue weighted by Crippen LogP contribution is 2.23. The number of thioether (sulfide) groups is 1. The molecule has 0 aliphatic rings. The number of carbonyl (C=O) groups excluding carboxylic acids is 1. The van der Waals surface area contributed by atoms with Crippen LogP contribution in [0, 0.1) is 0 Å². The van der Waals surface area contributed by atoms with Crippen molar-refractivity contribution in [2.45, 2.75) is 12.7 Å². The molecule has 2 aromatic rings. The van der Waals surface area contributed by atoms with Gasteiger partial charge in [0.25, 0.3) is 5.70 Å². The third-order valence-corrected chi connectivity index (χ3v) is 4.33. The van der Waals surface area contributed by atoms with E-state index < -0.39 is 5.97 Å². The number of benzene rings is 1. The van der Waals surface area contributed by atoms with Crippen LogP contribution in [0.5, 0.6) is 0 Å². The Morgan fingerprint density at radius 2 is 1.77 bits per heavy atom. The number of rotatable bonds is 6. The molecule has 3 nitrogen and oxygen atoms in total. The Labute approximate surface area is 140 Å². The summed E-state index contributed by atoms with van der Waals surface area (Å²) in [5.74, 6) is 0.319. The van der Waals surface area contributed by atoms with Crippen molar-refractivity contribution in [3.05, 3.63) is 70.7 Å². The molecule has 0 N–H and O–H groups in total. The van der Waals surface area contributed by atoms with E-state index in [9.17, 15) is 4.79 Å². The van der Waals surface area contributed by atoms with Crippen LogP contribution in [-0.2, 0) is 27.9 Å². The predicted molar refractivity (Wildman–Crippen MR) is 91.6 cm³/mol. The molecule has 0 unspecified atom stereocenters. The summed E-state index contributed by atoms with van der Waals surface area (Å²) in [4.78, 5) is 12.2. The molecule has 2 rings (SSSR count). The molecule has 0 spiro atoms. The Balaban J connectivity index is 2.24. The van der Waals surface area contributed by atoms with E-state index in [-0.39, 0.29) is 0 Å². The molecule has 114 valence electrons. The van der Waals surface area contributed by atoms with E-state index in [0.717, 1.165) is 11.3 Å². The summed E-state index contributed by atoms with van der Waals surface area (Å²) >= 11 is 6.91. The van der Waals surface area contributed by atoms with Gasteiger partial charge in [0, 0.05) is 17.9 Å². The molecule has 0 saturated carbocycles. The zero-order chi connectivity index (χ0) is 15.8. The van der Waals surface area contributed by atoms with Gasteiger partial charge in [-0.3, -0.25) is 0 Å². The van der Waals surface area contributed by atoms with Crippen LogP contribution in [0.4, 0.5) is 0 Å². The Bertz CT molecular complexity index is 642. The van der Waals surface area contributed by atoms with Gasteiger partial charge in [0.05, 0.1) is 6.61 Å². The Morgan fingerprint density at radius 1 is 1.14 bits per heavy atom. The number of hydrogen-bond acceptors (Lipinski definition) is 4. The van der Waals surface area contributed by atoms with E-state index in [1.54, 1.807) is 23.9 Å². The number of nitrogens with zero attached hydrogens (tertiary/aromatic N) is 1. The molecule has 0 aliphatic carbocycles. The molecule has 5 heteroatoms. The van der Waals surface area contributed by atoms with Crippen molar-refractivity contribution >= 4 is 36.1 Å². The first kappa shape index (κ1) is 16.5. The number of ether oxygens (including phenoxy) is 1. The van der Waals surface area contributed by atoms with Gasteiger partial charge in [-0.2, -0.15) is 4.57 Å². The smallest absolute Gasteiger partial charge is 0.403 e. The molecule has 0 aliphatic heterocycles. The molecule has 0 amide bonds. The largest absolute Gasteiger partial charge is 0.766 e. The standard InChI is InChI=1S/C17H17NO2S2/c1-2-20-16(19)15(18-11-7-4-8-12-18)17(21)22-13-14-9-5-3-6-10-14/h3-12H,2,13H2,1H3. The topological polar surface area (TPSA) is 30.2 Å². The lowest BCUT2D eigenvalue weighted by molar-refractivity contribution is -0.578. The Hall–Kier alpha value is -1.85. The molecule has 0 atom stereocenters. The summed E-state index contributed by atoms with van der Waals surface area (Å²) in [5.41, 5.74) is 1.55. The minimum Gasteiger partial charge on any atom is -0.766 e. The van der Waals surface area contributed by atoms with Crippen LogP contribution in [0.2, 0.25) is 0 Å². The van der Waals surface area contributed by atoms with E-state index >= 15 is 0 Å². The van der Waals surface area contributed by atoms with E-state index in [1.807, 2.05) is 48.5 Å². The van der Waals surface area contributed by atoms with Gasteiger partial charge in [-0.25, -0.2) is 4.79 Å². The molecule has 0 bridgehead atoms. The minimum absolute atomic E-state index is 0.321. The SMILES string of the molecule is CCOC(=O)/C(=C(/[S-])SCc1ccccc1)[n+]1ccccc1. The highest BCUT2D eigenvalue weighted by atomic mass is 32.2. The zero-order valence-electron chi connectivity index (χ0n) is 12.3. The van der Waals surface area contributed by atoms with Crippen molar-refractivity contribution in [1.29, 1.82) is 0 Å². The third-order valence-electron chi connectivity index (χ3n) is 2.85. The van der Waals surface area contributed by atoms with Crippen LogP contribution in [0.15, 0.2) is 65.2 Å². The minimum atomic E-state index is -0.399. The van der Waals surface area contributed by atoms with E-state index in [4.69, 9.17) is 17.4 Å². The molecule has 22 heavy (non-hydrogen) atoms. The average Bonchev–Trinajstić information content (AvgIpc) is 2.55. The van der Waals surface area contributed by atoms with Gasteiger partial charge >= 0.3 is 5.97 Å². The lowest BCUT2D eigenvalue weighted by Crippen LogP contribution is -2.37.